The molecule has 0 aliphatic carbocycles. The molecular weight excluding hydrogens is 204 g/mol. The normalized spacial score (nSPS) is 8.25. The minimum Gasteiger partial charge on any atom is -0.397 e. The van der Waals surface area contributed by atoms with Gasteiger partial charge in [-0.25, -0.2) is 9.69 Å². The highest BCUT2D eigenvalue weighted by atomic mass is 14.8. The van der Waals surface area contributed by atoms with Crippen LogP contribution >= 0.6 is 0 Å². The minimum absolute atomic E-state index is 0.127. The Kier molecular flexibility index (Phi) is 2.63. The first-order valence-electron chi connectivity index (χ1n) is 3.92. The average Bonchev–Trinajstić information content (AvgIpc) is 2.31. The van der Waals surface area contributed by atoms with Crippen molar-refractivity contribution in [2.45, 2.75) is 0 Å². The predicted octanol–water partition coefficient (Wildman–Crippen LogP) is 1.70. The van der Waals surface area contributed by atoms with E-state index >= 15 is 0 Å². The van der Waals surface area contributed by atoms with Crippen molar-refractivity contribution in [1.82, 2.24) is 0 Å². The summed E-state index contributed by atoms with van der Waals surface area (Å²) in [6.45, 7) is 13.8. The molecule has 4 N–H and O–H groups in total. The van der Waals surface area contributed by atoms with E-state index < -0.39 is 0 Å². The van der Waals surface area contributed by atoms with Gasteiger partial charge in [-0.3, -0.25) is 0 Å². The predicted molar refractivity (Wildman–Crippen MR) is 57.2 cm³/mol. The highest BCUT2D eigenvalue weighted by Gasteiger charge is 2.21. The zero-order valence-corrected chi connectivity index (χ0v) is 7.94. The number of nitrogens with zero attached hydrogens (tertiary/aromatic N) is 4. The van der Waals surface area contributed by atoms with Crippen molar-refractivity contribution in [3.8, 4) is 12.1 Å². The third-order valence-electron chi connectivity index (χ3n) is 1.97. The summed E-state index contributed by atoms with van der Waals surface area (Å²) in [5, 5.41) is 17.6. The second-order valence-corrected chi connectivity index (χ2v) is 2.72. The molecule has 16 heavy (non-hydrogen) atoms. The summed E-state index contributed by atoms with van der Waals surface area (Å²) in [5.41, 5.74) is 10.0. The zero-order chi connectivity index (χ0) is 12.3. The molecule has 6 nitrogen and oxygen atoms in total. The Morgan fingerprint density at radius 2 is 1.19 bits per heavy atom. The summed E-state index contributed by atoms with van der Waals surface area (Å²) in [6, 6.07) is 3.42. The zero-order valence-electron chi connectivity index (χ0n) is 7.94. The number of hydrogen-bond acceptors (Lipinski definition) is 4. The molecule has 6 heteroatoms. The molecule has 0 fully saturated rings. The van der Waals surface area contributed by atoms with E-state index in [9.17, 15) is 0 Å². The number of nitrogen functional groups attached to an aromatic ring is 2. The molecule has 1 rings (SSSR count). The van der Waals surface area contributed by atoms with E-state index in [-0.39, 0.29) is 33.9 Å². The first-order chi connectivity index (χ1) is 7.62. The van der Waals surface area contributed by atoms with E-state index in [1.807, 2.05) is 0 Å². The molecule has 0 amide bonds. The van der Waals surface area contributed by atoms with E-state index in [4.69, 9.17) is 35.1 Å². The van der Waals surface area contributed by atoms with E-state index in [1.165, 1.54) is 0 Å². The van der Waals surface area contributed by atoms with Gasteiger partial charge in [0.2, 0.25) is 11.4 Å². The van der Waals surface area contributed by atoms with Crippen LogP contribution in [0.2, 0.25) is 0 Å². The number of nitriles is 2. The van der Waals surface area contributed by atoms with E-state index in [0.29, 0.717) is 0 Å². The van der Waals surface area contributed by atoms with Gasteiger partial charge in [0, 0.05) is 0 Å². The standard InChI is InChI=1S/C10H4N6/c1-15-9-5(3-11)7(13)8(14)6(4-12)10(9)16-2/h13-14H2. The molecule has 0 saturated carbocycles. The number of benzene rings is 1. The van der Waals surface area contributed by atoms with Crippen LogP contribution in [0.3, 0.4) is 0 Å². The molecule has 74 valence electrons. The van der Waals surface area contributed by atoms with Crippen LogP contribution in [0.5, 0.6) is 0 Å². The quantitative estimate of drug-likeness (QED) is 0.499. The van der Waals surface area contributed by atoms with Gasteiger partial charge < -0.3 is 11.5 Å². The molecular formula is C10H4N6. The van der Waals surface area contributed by atoms with Crippen LogP contribution in [0.1, 0.15) is 11.1 Å². The fourth-order valence-electron chi connectivity index (χ4n) is 1.21. The first-order valence-corrected chi connectivity index (χ1v) is 3.92. The number of nitrogens with two attached hydrogens (primary N) is 2. The molecule has 0 unspecified atom stereocenters. The molecule has 0 aliphatic heterocycles. The Morgan fingerprint density at radius 3 is 1.38 bits per heavy atom. The Balaban J connectivity index is 3.99. The van der Waals surface area contributed by atoms with Gasteiger partial charge in [0.25, 0.3) is 0 Å². The highest BCUT2D eigenvalue weighted by molar-refractivity contribution is 5.95. The smallest absolute Gasteiger partial charge is 0.215 e. The van der Waals surface area contributed by atoms with E-state index in [1.54, 1.807) is 12.1 Å². The van der Waals surface area contributed by atoms with Crippen LogP contribution in [0.4, 0.5) is 22.7 Å². The molecule has 0 spiro atoms. The van der Waals surface area contributed by atoms with Crippen molar-refractivity contribution in [3.63, 3.8) is 0 Å². The largest absolute Gasteiger partial charge is 0.397 e. The van der Waals surface area contributed by atoms with Gasteiger partial charge >= 0.3 is 0 Å². The third-order valence-corrected chi connectivity index (χ3v) is 1.97. The second-order valence-electron chi connectivity index (χ2n) is 2.72. The lowest BCUT2D eigenvalue weighted by Gasteiger charge is -2.08. The lowest BCUT2D eigenvalue weighted by Crippen LogP contribution is -2.01. The van der Waals surface area contributed by atoms with Crippen LogP contribution in [0, 0.1) is 35.8 Å². The van der Waals surface area contributed by atoms with E-state index in [2.05, 4.69) is 9.69 Å². The van der Waals surface area contributed by atoms with Gasteiger partial charge in [-0.1, -0.05) is 0 Å². The molecule has 1 aromatic carbocycles. The van der Waals surface area contributed by atoms with Crippen molar-refractivity contribution in [2.24, 2.45) is 0 Å². The summed E-state index contributed by atoms with van der Waals surface area (Å²) in [4.78, 5) is 6.10. The van der Waals surface area contributed by atoms with Gasteiger partial charge in [0.15, 0.2) is 0 Å². The fourth-order valence-corrected chi connectivity index (χ4v) is 1.21. The molecule has 1 aromatic rings. The summed E-state index contributed by atoms with van der Waals surface area (Å²) in [5.74, 6) is 0. The monoisotopic (exact) mass is 208 g/mol. The molecule has 0 heterocycles. The van der Waals surface area contributed by atoms with Crippen LogP contribution in [0.15, 0.2) is 0 Å². The SMILES string of the molecule is [C-]#[N+]c1c(C#N)c(N)c(N)c(C#N)c1[N+]#[C-]. The maximum Gasteiger partial charge on any atom is 0.215 e. The van der Waals surface area contributed by atoms with Gasteiger partial charge in [0.1, 0.15) is 0 Å². The average molecular weight is 208 g/mol. The molecule has 0 aliphatic rings. The number of hydrogen-bond donors (Lipinski definition) is 2. The lowest BCUT2D eigenvalue weighted by molar-refractivity contribution is 1.46. The van der Waals surface area contributed by atoms with Gasteiger partial charge in [-0.2, -0.15) is 10.5 Å². The fraction of sp³-hybridized carbons (Fsp3) is 0. The Morgan fingerprint density at radius 1 is 0.875 bits per heavy atom. The third kappa shape index (κ3) is 1.24. The van der Waals surface area contributed by atoms with Gasteiger partial charge in [0.05, 0.1) is 47.8 Å². The summed E-state index contributed by atoms with van der Waals surface area (Å²) in [7, 11) is 0. The molecule has 0 saturated heterocycles. The van der Waals surface area contributed by atoms with Crippen LogP contribution < -0.4 is 11.5 Å². The van der Waals surface area contributed by atoms with Crippen molar-refractivity contribution in [2.75, 3.05) is 11.5 Å². The summed E-state index contributed by atoms with van der Waals surface area (Å²) >= 11 is 0. The van der Waals surface area contributed by atoms with Crippen LogP contribution in [-0.4, -0.2) is 0 Å². The topological polar surface area (TPSA) is 108 Å². The van der Waals surface area contributed by atoms with Crippen molar-refractivity contribution in [3.05, 3.63) is 34.0 Å². The molecule has 0 aromatic heterocycles. The molecule has 0 atom stereocenters. The maximum atomic E-state index is 8.82. The number of anilines is 2. The highest BCUT2D eigenvalue weighted by Crippen LogP contribution is 2.42. The van der Waals surface area contributed by atoms with Gasteiger partial charge in [-0.05, 0) is 0 Å². The molecule has 0 bridgehead atoms. The van der Waals surface area contributed by atoms with E-state index in [0.717, 1.165) is 0 Å². The summed E-state index contributed by atoms with van der Waals surface area (Å²) in [6.07, 6.45) is 0. The second kappa shape index (κ2) is 3.88. The molecule has 0 radical (unpaired) electrons. The van der Waals surface area contributed by atoms with Crippen LogP contribution in [0.25, 0.3) is 9.69 Å². The Bertz CT molecular complexity index is 573. The van der Waals surface area contributed by atoms with Crippen molar-refractivity contribution < 1.29 is 0 Å². The first kappa shape index (κ1) is 10.9. The van der Waals surface area contributed by atoms with Crippen molar-refractivity contribution >= 4 is 22.7 Å². The lowest BCUT2D eigenvalue weighted by atomic mass is 10.0. The number of rotatable bonds is 0. The Hall–Kier alpha value is -3.22. The summed E-state index contributed by atoms with van der Waals surface area (Å²) < 4.78 is 0. The van der Waals surface area contributed by atoms with Crippen molar-refractivity contribution in [1.29, 1.82) is 10.5 Å². The Labute approximate surface area is 91.6 Å². The van der Waals surface area contributed by atoms with Gasteiger partial charge in [-0.15, -0.1) is 0 Å². The van der Waals surface area contributed by atoms with Crippen LogP contribution in [-0.2, 0) is 0 Å². The minimum atomic E-state index is -0.222. The maximum absolute atomic E-state index is 8.82.